The van der Waals surface area contributed by atoms with Crippen molar-refractivity contribution >= 4 is 11.9 Å². The van der Waals surface area contributed by atoms with E-state index < -0.39 is 11.3 Å². The third kappa shape index (κ3) is 1.74. The van der Waals surface area contributed by atoms with Crippen molar-refractivity contribution in [2.24, 2.45) is 23.2 Å². The third-order valence-corrected chi connectivity index (χ3v) is 4.22. The molecule has 1 saturated carbocycles. The zero-order chi connectivity index (χ0) is 13.3. The van der Waals surface area contributed by atoms with Crippen LogP contribution in [-0.4, -0.2) is 25.2 Å². The van der Waals surface area contributed by atoms with Gasteiger partial charge in [-0.25, -0.2) is 0 Å². The number of esters is 2. The number of hydrogen-bond acceptors (Lipinski definition) is 4. The summed E-state index contributed by atoms with van der Waals surface area (Å²) in [5, 5.41) is 0. The van der Waals surface area contributed by atoms with Crippen LogP contribution in [0.2, 0.25) is 0 Å². The molecular formula is C14H20O4. The highest BCUT2D eigenvalue weighted by Crippen LogP contribution is 2.57. The highest BCUT2D eigenvalue weighted by Gasteiger charge is 2.61. The van der Waals surface area contributed by atoms with E-state index in [1.165, 1.54) is 0 Å². The minimum atomic E-state index is -0.762. The monoisotopic (exact) mass is 252 g/mol. The summed E-state index contributed by atoms with van der Waals surface area (Å²) in [5.74, 6) is -0.740. The fraction of sp³-hybridized carbons (Fsp3) is 0.714. The van der Waals surface area contributed by atoms with Gasteiger partial charge in [-0.05, 0) is 39.0 Å². The second-order valence-corrected chi connectivity index (χ2v) is 5.12. The first kappa shape index (κ1) is 13.1. The number of allylic oxidation sites excluding steroid dienone is 2. The predicted molar refractivity (Wildman–Crippen MR) is 65.6 cm³/mol. The normalized spacial score (nSPS) is 36.7. The Bertz CT molecular complexity index is 387. The molecule has 0 saturated heterocycles. The molecule has 0 radical (unpaired) electrons. The van der Waals surface area contributed by atoms with Crippen molar-refractivity contribution in [2.45, 2.75) is 27.2 Å². The molecular weight excluding hydrogens is 232 g/mol. The summed E-state index contributed by atoms with van der Waals surface area (Å²) < 4.78 is 10.3. The molecule has 4 nitrogen and oxygen atoms in total. The van der Waals surface area contributed by atoms with Gasteiger partial charge in [0.25, 0.3) is 0 Å². The highest BCUT2D eigenvalue weighted by atomic mass is 16.5. The molecule has 0 aromatic heterocycles. The van der Waals surface area contributed by atoms with Gasteiger partial charge in [-0.15, -0.1) is 0 Å². The van der Waals surface area contributed by atoms with E-state index in [1.54, 1.807) is 13.8 Å². The molecule has 0 spiro atoms. The lowest BCUT2D eigenvalue weighted by molar-refractivity contribution is -0.169. The van der Waals surface area contributed by atoms with Crippen molar-refractivity contribution in [3.63, 3.8) is 0 Å². The Balaban J connectivity index is 2.28. The van der Waals surface area contributed by atoms with Crippen molar-refractivity contribution in [2.75, 3.05) is 13.2 Å². The van der Waals surface area contributed by atoms with Gasteiger partial charge in [0.05, 0.1) is 24.5 Å². The van der Waals surface area contributed by atoms with Crippen LogP contribution in [0.4, 0.5) is 0 Å². The molecule has 0 aromatic carbocycles. The van der Waals surface area contributed by atoms with E-state index in [-0.39, 0.29) is 23.8 Å². The largest absolute Gasteiger partial charge is 0.466 e. The van der Waals surface area contributed by atoms with E-state index in [0.29, 0.717) is 13.2 Å². The fourth-order valence-corrected chi connectivity index (χ4v) is 3.31. The number of carbonyl (C=O) groups excluding carboxylic acids is 2. The van der Waals surface area contributed by atoms with Gasteiger partial charge >= 0.3 is 11.9 Å². The lowest BCUT2D eigenvalue weighted by atomic mass is 9.70. The van der Waals surface area contributed by atoms with Crippen LogP contribution in [0.15, 0.2) is 12.2 Å². The van der Waals surface area contributed by atoms with Gasteiger partial charge in [-0.3, -0.25) is 9.59 Å². The number of ether oxygens (including phenoxy) is 2. The number of fused-ring (bicyclic) bond motifs is 2. The smallest absolute Gasteiger partial charge is 0.313 e. The Morgan fingerprint density at radius 3 is 2.50 bits per heavy atom. The minimum Gasteiger partial charge on any atom is -0.466 e. The quantitative estimate of drug-likeness (QED) is 0.567. The van der Waals surface area contributed by atoms with Crippen molar-refractivity contribution < 1.29 is 19.1 Å². The highest BCUT2D eigenvalue weighted by molar-refractivity contribution is 5.87. The summed E-state index contributed by atoms with van der Waals surface area (Å²) >= 11 is 0. The molecule has 0 heterocycles. The number of hydrogen-bond donors (Lipinski definition) is 0. The van der Waals surface area contributed by atoms with Crippen LogP contribution in [0.3, 0.4) is 0 Å². The molecule has 0 N–H and O–H groups in total. The molecule has 0 aromatic rings. The van der Waals surface area contributed by atoms with Crippen molar-refractivity contribution in [3.8, 4) is 0 Å². The van der Waals surface area contributed by atoms with Gasteiger partial charge in [0, 0.05) is 0 Å². The van der Waals surface area contributed by atoms with Crippen LogP contribution in [0.5, 0.6) is 0 Å². The van der Waals surface area contributed by atoms with Gasteiger partial charge < -0.3 is 9.47 Å². The molecule has 0 aliphatic heterocycles. The number of carbonyl (C=O) groups is 2. The van der Waals surface area contributed by atoms with E-state index in [0.717, 1.165) is 6.42 Å². The van der Waals surface area contributed by atoms with Gasteiger partial charge in [-0.2, -0.15) is 0 Å². The molecule has 2 aliphatic carbocycles. The lowest BCUT2D eigenvalue weighted by Crippen LogP contribution is -2.44. The fourth-order valence-electron chi connectivity index (χ4n) is 3.31. The van der Waals surface area contributed by atoms with E-state index in [9.17, 15) is 9.59 Å². The Hall–Kier alpha value is -1.32. The third-order valence-electron chi connectivity index (χ3n) is 4.22. The van der Waals surface area contributed by atoms with E-state index in [4.69, 9.17) is 9.47 Å². The van der Waals surface area contributed by atoms with Gasteiger partial charge in [0.15, 0.2) is 0 Å². The maximum Gasteiger partial charge on any atom is 0.313 e. The average molecular weight is 252 g/mol. The molecule has 2 rings (SSSR count). The summed E-state index contributed by atoms with van der Waals surface area (Å²) in [4.78, 5) is 24.3. The van der Waals surface area contributed by atoms with Crippen LogP contribution in [0, 0.1) is 23.2 Å². The van der Waals surface area contributed by atoms with E-state index in [1.807, 2.05) is 19.1 Å². The molecule has 18 heavy (non-hydrogen) atoms. The van der Waals surface area contributed by atoms with Gasteiger partial charge in [-0.1, -0.05) is 12.2 Å². The van der Waals surface area contributed by atoms with E-state index >= 15 is 0 Å². The molecule has 2 aliphatic rings. The Morgan fingerprint density at radius 2 is 1.89 bits per heavy atom. The van der Waals surface area contributed by atoms with Crippen LogP contribution in [-0.2, 0) is 19.1 Å². The topological polar surface area (TPSA) is 52.6 Å². The minimum absolute atomic E-state index is 0.0935. The second kappa shape index (κ2) is 4.75. The van der Waals surface area contributed by atoms with Crippen molar-refractivity contribution in [3.05, 3.63) is 12.2 Å². The first-order valence-corrected chi connectivity index (χ1v) is 6.57. The summed E-state index contributed by atoms with van der Waals surface area (Å²) in [7, 11) is 0. The molecule has 4 heteroatoms. The average Bonchev–Trinajstić information content (AvgIpc) is 2.89. The Labute approximate surface area is 107 Å². The first-order valence-electron chi connectivity index (χ1n) is 6.57. The zero-order valence-corrected chi connectivity index (χ0v) is 11.1. The van der Waals surface area contributed by atoms with E-state index in [2.05, 4.69) is 0 Å². The lowest BCUT2D eigenvalue weighted by Gasteiger charge is -2.34. The predicted octanol–water partition coefficient (Wildman–Crippen LogP) is 1.94. The standard InChI is InChI=1S/C14H20O4/c1-4-17-12(15)11-9-6-7-10(8-9)14(11,3)13(16)18-5-2/h6-7,9-11H,4-5,8H2,1-3H3. The molecule has 2 bridgehead atoms. The molecule has 100 valence electrons. The maximum atomic E-state index is 12.2. The van der Waals surface area contributed by atoms with Crippen LogP contribution in [0.25, 0.3) is 0 Å². The van der Waals surface area contributed by atoms with Crippen LogP contribution in [0.1, 0.15) is 27.2 Å². The Kier molecular flexibility index (Phi) is 3.46. The summed E-state index contributed by atoms with van der Waals surface area (Å²) in [6, 6.07) is 0. The van der Waals surface area contributed by atoms with Gasteiger partial charge in [0.1, 0.15) is 0 Å². The number of rotatable bonds is 4. The van der Waals surface area contributed by atoms with Crippen molar-refractivity contribution in [1.82, 2.24) is 0 Å². The molecule has 4 unspecified atom stereocenters. The summed E-state index contributed by atoms with van der Waals surface area (Å²) in [5.41, 5.74) is -0.762. The van der Waals surface area contributed by atoms with Gasteiger partial charge in [0.2, 0.25) is 0 Å². The maximum absolute atomic E-state index is 12.2. The zero-order valence-electron chi connectivity index (χ0n) is 11.1. The molecule has 1 fully saturated rings. The van der Waals surface area contributed by atoms with Crippen molar-refractivity contribution in [1.29, 1.82) is 0 Å². The summed E-state index contributed by atoms with van der Waals surface area (Å²) in [6.07, 6.45) is 4.92. The van der Waals surface area contributed by atoms with Crippen LogP contribution >= 0.6 is 0 Å². The second-order valence-electron chi connectivity index (χ2n) is 5.12. The molecule has 4 atom stereocenters. The molecule has 0 amide bonds. The summed E-state index contributed by atoms with van der Waals surface area (Å²) in [6.45, 7) is 6.08. The first-order chi connectivity index (χ1) is 8.55. The Morgan fingerprint density at radius 1 is 1.22 bits per heavy atom. The SMILES string of the molecule is CCOC(=O)C1C2C=CC(C2)C1(C)C(=O)OCC. The van der Waals surface area contributed by atoms with Crippen LogP contribution < -0.4 is 0 Å².